The van der Waals surface area contributed by atoms with E-state index in [0.29, 0.717) is 0 Å². The molecular formula is C12H16N4. The van der Waals surface area contributed by atoms with E-state index in [9.17, 15) is 0 Å². The van der Waals surface area contributed by atoms with Gasteiger partial charge < -0.3 is 10.3 Å². The number of nitrogens with one attached hydrogen (secondary N) is 2. The van der Waals surface area contributed by atoms with Gasteiger partial charge in [-0.15, -0.1) is 0 Å². The molecule has 0 bridgehead atoms. The van der Waals surface area contributed by atoms with Crippen molar-refractivity contribution in [3.05, 3.63) is 47.8 Å². The summed E-state index contributed by atoms with van der Waals surface area (Å²) >= 11 is 0. The van der Waals surface area contributed by atoms with Crippen molar-refractivity contribution < 1.29 is 0 Å². The maximum Gasteiger partial charge on any atom is 0.103 e. The minimum atomic E-state index is 0.839. The lowest BCUT2D eigenvalue weighted by Gasteiger charge is -2.02. The van der Waals surface area contributed by atoms with Crippen LogP contribution in [0.1, 0.15) is 17.1 Å². The number of H-pyrrole nitrogens is 1. The molecule has 0 spiro atoms. The molecule has 2 aromatic rings. The summed E-state index contributed by atoms with van der Waals surface area (Å²) in [7, 11) is 0. The Kier molecular flexibility index (Phi) is 3.66. The Bertz CT molecular complexity index is 422. The van der Waals surface area contributed by atoms with Gasteiger partial charge >= 0.3 is 0 Å². The Morgan fingerprint density at radius 1 is 1.31 bits per heavy atom. The minimum Gasteiger partial charge on any atom is -0.345 e. The molecular weight excluding hydrogens is 200 g/mol. The number of hydrogen-bond acceptors (Lipinski definition) is 3. The van der Waals surface area contributed by atoms with Gasteiger partial charge in [0.05, 0.1) is 0 Å². The molecule has 16 heavy (non-hydrogen) atoms. The maximum absolute atomic E-state index is 4.15. The Hall–Kier alpha value is -1.68. The van der Waals surface area contributed by atoms with Gasteiger partial charge in [-0.3, -0.25) is 4.98 Å². The predicted molar refractivity (Wildman–Crippen MR) is 63.0 cm³/mol. The molecule has 0 radical (unpaired) electrons. The lowest BCUT2D eigenvalue weighted by molar-refractivity contribution is 0.676. The van der Waals surface area contributed by atoms with Crippen LogP contribution in [0.15, 0.2) is 30.7 Å². The van der Waals surface area contributed by atoms with Gasteiger partial charge in [0.25, 0.3) is 0 Å². The number of aromatic amines is 1. The second-order valence-corrected chi connectivity index (χ2v) is 3.78. The van der Waals surface area contributed by atoms with Crippen LogP contribution >= 0.6 is 0 Å². The third-order valence-corrected chi connectivity index (χ3v) is 2.41. The first-order chi connectivity index (χ1) is 7.84. The summed E-state index contributed by atoms with van der Waals surface area (Å²) in [4.78, 5) is 11.3. The van der Waals surface area contributed by atoms with Gasteiger partial charge in [0, 0.05) is 30.8 Å². The third-order valence-electron chi connectivity index (χ3n) is 2.41. The standard InChI is InChI=1S/C12H16N4/c1-10-15-9-12(16-10)8-14-7-4-11-2-5-13-6-3-11/h2-3,5-6,9,14H,4,7-8H2,1H3,(H,15,16). The molecule has 4 nitrogen and oxygen atoms in total. The van der Waals surface area contributed by atoms with Crippen molar-refractivity contribution >= 4 is 0 Å². The Labute approximate surface area is 95.1 Å². The van der Waals surface area contributed by atoms with Crippen LogP contribution in [0.25, 0.3) is 0 Å². The molecule has 0 saturated heterocycles. The van der Waals surface area contributed by atoms with E-state index in [2.05, 4.69) is 20.3 Å². The number of aromatic nitrogens is 3. The van der Waals surface area contributed by atoms with Crippen molar-refractivity contribution in [3.63, 3.8) is 0 Å². The first-order valence-corrected chi connectivity index (χ1v) is 5.45. The third kappa shape index (κ3) is 3.17. The largest absolute Gasteiger partial charge is 0.345 e. The molecule has 2 N–H and O–H groups in total. The van der Waals surface area contributed by atoms with E-state index < -0.39 is 0 Å². The summed E-state index contributed by atoms with van der Waals surface area (Å²) in [6.45, 7) is 3.76. The second kappa shape index (κ2) is 5.42. The first-order valence-electron chi connectivity index (χ1n) is 5.45. The van der Waals surface area contributed by atoms with Crippen LogP contribution in [0.3, 0.4) is 0 Å². The van der Waals surface area contributed by atoms with E-state index in [1.165, 1.54) is 5.56 Å². The Morgan fingerprint density at radius 2 is 2.12 bits per heavy atom. The molecule has 0 aliphatic carbocycles. The number of imidazole rings is 1. The molecule has 2 rings (SSSR count). The van der Waals surface area contributed by atoms with E-state index in [0.717, 1.165) is 31.0 Å². The lowest BCUT2D eigenvalue weighted by Crippen LogP contribution is -2.16. The Morgan fingerprint density at radius 3 is 2.81 bits per heavy atom. The average molecular weight is 216 g/mol. The zero-order valence-electron chi connectivity index (χ0n) is 9.40. The smallest absolute Gasteiger partial charge is 0.103 e. The zero-order chi connectivity index (χ0) is 11.2. The van der Waals surface area contributed by atoms with Crippen LogP contribution in [0.2, 0.25) is 0 Å². The van der Waals surface area contributed by atoms with Crippen LogP contribution in [0.5, 0.6) is 0 Å². The van der Waals surface area contributed by atoms with Gasteiger partial charge in [-0.1, -0.05) is 0 Å². The van der Waals surface area contributed by atoms with Crippen molar-refractivity contribution in [2.24, 2.45) is 0 Å². The van der Waals surface area contributed by atoms with Gasteiger partial charge in [0.15, 0.2) is 0 Å². The molecule has 0 saturated carbocycles. The van der Waals surface area contributed by atoms with Crippen LogP contribution in [-0.2, 0) is 13.0 Å². The van der Waals surface area contributed by atoms with Gasteiger partial charge in [-0.05, 0) is 37.6 Å². The van der Waals surface area contributed by atoms with Crippen molar-refractivity contribution in [1.29, 1.82) is 0 Å². The van der Waals surface area contributed by atoms with E-state index in [1.807, 2.05) is 37.6 Å². The first kappa shape index (κ1) is 10.8. The van der Waals surface area contributed by atoms with E-state index in [-0.39, 0.29) is 0 Å². The fraction of sp³-hybridized carbons (Fsp3) is 0.333. The summed E-state index contributed by atoms with van der Waals surface area (Å²) in [6, 6.07) is 4.09. The summed E-state index contributed by atoms with van der Waals surface area (Å²) < 4.78 is 0. The van der Waals surface area contributed by atoms with Crippen molar-refractivity contribution in [2.75, 3.05) is 6.54 Å². The summed E-state index contributed by atoms with van der Waals surface area (Å²) in [5, 5.41) is 3.37. The fourth-order valence-electron chi connectivity index (χ4n) is 1.57. The second-order valence-electron chi connectivity index (χ2n) is 3.78. The maximum atomic E-state index is 4.15. The van der Waals surface area contributed by atoms with Gasteiger partial charge in [-0.25, -0.2) is 4.98 Å². The minimum absolute atomic E-state index is 0.839. The molecule has 0 aromatic carbocycles. The SMILES string of the molecule is Cc1ncc(CNCCc2ccncc2)[nH]1. The average Bonchev–Trinajstić information content (AvgIpc) is 2.72. The molecule has 0 unspecified atom stereocenters. The van der Waals surface area contributed by atoms with Crippen LogP contribution in [-0.4, -0.2) is 21.5 Å². The van der Waals surface area contributed by atoms with Crippen LogP contribution in [0, 0.1) is 6.92 Å². The summed E-state index contributed by atoms with van der Waals surface area (Å²) in [5.41, 5.74) is 2.44. The quantitative estimate of drug-likeness (QED) is 0.744. The fourth-order valence-corrected chi connectivity index (χ4v) is 1.57. The van der Waals surface area contributed by atoms with Crippen LogP contribution in [0.4, 0.5) is 0 Å². The molecule has 2 heterocycles. The van der Waals surface area contributed by atoms with Crippen molar-refractivity contribution in [1.82, 2.24) is 20.3 Å². The number of nitrogens with zero attached hydrogens (tertiary/aromatic N) is 2. The number of aryl methyl sites for hydroxylation is 1. The van der Waals surface area contributed by atoms with Gasteiger partial charge in [-0.2, -0.15) is 0 Å². The monoisotopic (exact) mass is 216 g/mol. The number of pyridine rings is 1. The van der Waals surface area contributed by atoms with Gasteiger partial charge in [0.1, 0.15) is 5.82 Å². The highest BCUT2D eigenvalue weighted by atomic mass is 14.9. The number of rotatable bonds is 5. The highest BCUT2D eigenvalue weighted by molar-refractivity contribution is 5.10. The molecule has 0 aliphatic heterocycles. The summed E-state index contributed by atoms with van der Waals surface area (Å²) in [5.74, 6) is 0.964. The normalized spacial score (nSPS) is 10.6. The number of hydrogen-bond donors (Lipinski definition) is 2. The molecule has 4 heteroatoms. The molecule has 0 atom stereocenters. The molecule has 84 valence electrons. The molecule has 0 fully saturated rings. The highest BCUT2D eigenvalue weighted by Gasteiger charge is 1.96. The topological polar surface area (TPSA) is 53.6 Å². The lowest BCUT2D eigenvalue weighted by atomic mass is 10.2. The zero-order valence-corrected chi connectivity index (χ0v) is 9.40. The predicted octanol–water partition coefficient (Wildman–Crippen LogP) is 1.45. The molecule has 2 aromatic heterocycles. The van der Waals surface area contributed by atoms with Crippen molar-refractivity contribution in [3.8, 4) is 0 Å². The van der Waals surface area contributed by atoms with Gasteiger partial charge in [0.2, 0.25) is 0 Å². The van der Waals surface area contributed by atoms with Crippen molar-refractivity contribution in [2.45, 2.75) is 19.9 Å². The van der Waals surface area contributed by atoms with E-state index in [4.69, 9.17) is 0 Å². The summed E-state index contributed by atoms with van der Waals surface area (Å²) in [6.07, 6.45) is 6.55. The Balaban J connectivity index is 1.69. The van der Waals surface area contributed by atoms with Crippen LogP contribution < -0.4 is 5.32 Å². The molecule has 0 aliphatic rings. The van der Waals surface area contributed by atoms with E-state index >= 15 is 0 Å². The highest BCUT2D eigenvalue weighted by Crippen LogP contribution is 1.97. The van der Waals surface area contributed by atoms with E-state index in [1.54, 1.807) is 0 Å². The molecule has 0 amide bonds.